The Morgan fingerprint density at radius 3 is 2.24 bits per heavy atom. The minimum Gasteiger partial charge on any atom is -0.490 e. The van der Waals surface area contributed by atoms with Crippen LogP contribution in [0, 0.1) is 41.8 Å². The average Bonchev–Trinajstić information content (AvgIpc) is 2.91. The molecule has 38 heavy (non-hydrogen) atoms. The van der Waals surface area contributed by atoms with E-state index in [0.717, 1.165) is 18.2 Å². The van der Waals surface area contributed by atoms with E-state index in [1.54, 1.807) is 13.0 Å². The van der Waals surface area contributed by atoms with Crippen LogP contribution in [0.15, 0.2) is 42.5 Å². The zero-order chi connectivity index (χ0) is 27.6. The Labute approximate surface area is 215 Å². The molecule has 0 radical (unpaired) electrons. The number of hydrogen-bond acceptors (Lipinski definition) is 3. The van der Waals surface area contributed by atoms with Crippen molar-refractivity contribution in [1.82, 2.24) is 0 Å². The van der Waals surface area contributed by atoms with Crippen LogP contribution in [0.25, 0.3) is 5.57 Å². The van der Waals surface area contributed by atoms with Gasteiger partial charge in [0.25, 0.3) is 0 Å². The summed E-state index contributed by atoms with van der Waals surface area (Å²) >= 11 is 0. The fourth-order valence-corrected chi connectivity index (χ4v) is 4.36. The Hall–Kier alpha value is -3.75. The van der Waals surface area contributed by atoms with Crippen molar-refractivity contribution < 1.29 is 40.6 Å². The Bertz CT molecular complexity index is 1420. The number of benzene rings is 3. The van der Waals surface area contributed by atoms with Crippen molar-refractivity contribution in [1.29, 1.82) is 0 Å². The Balaban J connectivity index is 1.51. The van der Waals surface area contributed by atoms with Gasteiger partial charge < -0.3 is 9.47 Å². The SMILES string of the molecule is CCCOc1ccc(C(=O)Oc2ccc(C3=CCC(c4ccc(C)c(F)c4F)CC3)c(F)c2F)c(F)c1F. The molecule has 0 N–H and O–H groups in total. The number of aryl methyl sites for hydroxylation is 1. The van der Waals surface area contributed by atoms with Gasteiger partial charge in [-0.15, -0.1) is 0 Å². The third-order valence-electron chi connectivity index (χ3n) is 6.48. The van der Waals surface area contributed by atoms with Crippen LogP contribution in [0.4, 0.5) is 26.3 Å². The van der Waals surface area contributed by atoms with Crippen LogP contribution in [0.2, 0.25) is 0 Å². The molecule has 4 rings (SSSR count). The van der Waals surface area contributed by atoms with E-state index in [-0.39, 0.29) is 47.8 Å². The normalized spacial score (nSPS) is 15.3. The molecule has 0 spiro atoms. The van der Waals surface area contributed by atoms with Crippen molar-refractivity contribution in [3.05, 3.63) is 99.6 Å². The monoisotopic (exact) mass is 534 g/mol. The fraction of sp³-hybridized carbons (Fsp3) is 0.276. The molecule has 0 aromatic heterocycles. The van der Waals surface area contributed by atoms with E-state index >= 15 is 0 Å². The first-order valence-corrected chi connectivity index (χ1v) is 12.1. The molecule has 0 amide bonds. The van der Waals surface area contributed by atoms with Crippen molar-refractivity contribution in [2.45, 2.75) is 45.4 Å². The largest absolute Gasteiger partial charge is 0.490 e. The lowest BCUT2D eigenvalue weighted by Crippen LogP contribution is -2.14. The summed E-state index contributed by atoms with van der Waals surface area (Å²) in [4.78, 5) is 12.4. The van der Waals surface area contributed by atoms with E-state index in [4.69, 9.17) is 9.47 Å². The first-order valence-electron chi connectivity index (χ1n) is 12.1. The smallest absolute Gasteiger partial charge is 0.346 e. The van der Waals surface area contributed by atoms with Gasteiger partial charge in [-0.3, -0.25) is 0 Å². The van der Waals surface area contributed by atoms with Crippen LogP contribution in [0.5, 0.6) is 11.5 Å². The molecular formula is C29H24F6O3. The van der Waals surface area contributed by atoms with E-state index in [2.05, 4.69) is 0 Å². The van der Waals surface area contributed by atoms with Crippen LogP contribution in [0.1, 0.15) is 65.6 Å². The summed E-state index contributed by atoms with van der Waals surface area (Å²) < 4.78 is 96.5. The number of hydrogen-bond donors (Lipinski definition) is 0. The minimum absolute atomic E-state index is 0.0778. The molecule has 0 heterocycles. The maximum Gasteiger partial charge on any atom is 0.346 e. The Morgan fingerprint density at radius 1 is 0.842 bits per heavy atom. The maximum absolute atomic E-state index is 14.9. The predicted molar refractivity (Wildman–Crippen MR) is 129 cm³/mol. The molecular weight excluding hydrogens is 510 g/mol. The molecule has 0 bridgehead atoms. The van der Waals surface area contributed by atoms with Crippen molar-refractivity contribution in [3.8, 4) is 11.5 Å². The van der Waals surface area contributed by atoms with Gasteiger partial charge in [0.05, 0.1) is 12.2 Å². The van der Waals surface area contributed by atoms with Crippen LogP contribution in [-0.4, -0.2) is 12.6 Å². The second kappa shape index (κ2) is 11.3. The van der Waals surface area contributed by atoms with Crippen molar-refractivity contribution >= 4 is 11.5 Å². The average molecular weight is 534 g/mol. The van der Waals surface area contributed by atoms with Crippen LogP contribution in [0.3, 0.4) is 0 Å². The third kappa shape index (κ3) is 5.28. The van der Waals surface area contributed by atoms with Crippen molar-refractivity contribution in [3.63, 3.8) is 0 Å². The molecule has 0 fully saturated rings. The Kier molecular flexibility index (Phi) is 8.14. The molecule has 9 heteroatoms. The van der Waals surface area contributed by atoms with Gasteiger partial charge in [-0.2, -0.15) is 8.78 Å². The molecule has 1 unspecified atom stereocenters. The molecule has 3 aromatic carbocycles. The maximum atomic E-state index is 14.9. The lowest BCUT2D eigenvalue weighted by atomic mass is 9.82. The lowest BCUT2D eigenvalue weighted by Gasteiger charge is -2.24. The van der Waals surface area contributed by atoms with Gasteiger partial charge >= 0.3 is 5.97 Å². The zero-order valence-corrected chi connectivity index (χ0v) is 20.6. The van der Waals surface area contributed by atoms with Crippen LogP contribution >= 0.6 is 0 Å². The number of allylic oxidation sites excluding steroid dienone is 2. The van der Waals surface area contributed by atoms with Gasteiger partial charge in [0, 0.05) is 5.56 Å². The topological polar surface area (TPSA) is 35.5 Å². The zero-order valence-electron chi connectivity index (χ0n) is 20.6. The number of ether oxygens (including phenoxy) is 2. The summed E-state index contributed by atoms with van der Waals surface area (Å²) in [5.74, 6) is -10.4. The highest BCUT2D eigenvalue weighted by molar-refractivity contribution is 5.91. The van der Waals surface area contributed by atoms with Gasteiger partial charge in [0.2, 0.25) is 11.6 Å². The lowest BCUT2D eigenvalue weighted by molar-refractivity contribution is 0.0720. The second-order valence-corrected chi connectivity index (χ2v) is 9.02. The quantitative estimate of drug-likeness (QED) is 0.174. The van der Waals surface area contributed by atoms with Gasteiger partial charge in [-0.05, 0) is 79.5 Å². The van der Waals surface area contributed by atoms with E-state index in [0.29, 0.717) is 18.4 Å². The molecule has 200 valence electrons. The van der Waals surface area contributed by atoms with E-state index in [1.165, 1.54) is 25.1 Å². The first kappa shape index (κ1) is 27.3. The summed E-state index contributed by atoms with van der Waals surface area (Å²) in [6.45, 7) is 3.37. The second-order valence-electron chi connectivity index (χ2n) is 9.02. The highest BCUT2D eigenvalue weighted by Crippen LogP contribution is 2.39. The molecule has 0 saturated carbocycles. The van der Waals surface area contributed by atoms with Crippen LogP contribution in [-0.2, 0) is 0 Å². The molecule has 3 nitrogen and oxygen atoms in total. The van der Waals surface area contributed by atoms with E-state index < -0.39 is 52.2 Å². The Morgan fingerprint density at radius 2 is 1.55 bits per heavy atom. The standard InChI is InChI=1S/C29H24F6O3/c1-3-14-37-21-12-11-20(26(33)27(21)34)29(36)38-22-13-10-19(25(32)28(22)35)17-7-5-16(6-8-17)18-9-4-15(2)23(30)24(18)31/h4,7,9-13,16H,3,5-6,8,14H2,1-2H3. The number of carbonyl (C=O) groups is 1. The highest BCUT2D eigenvalue weighted by Gasteiger charge is 2.27. The molecule has 0 saturated heterocycles. The molecule has 0 aliphatic heterocycles. The third-order valence-corrected chi connectivity index (χ3v) is 6.48. The predicted octanol–water partition coefficient (Wildman–Crippen LogP) is 8.19. The fourth-order valence-electron chi connectivity index (χ4n) is 4.36. The number of esters is 1. The summed E-state index contributed by atoms with van der Waals surface area (Å²) in [5, 5.41) is 0. The minimum atomic E-state index is -1.53. The summed E-state index contributed by atoms with van der Waals surface area (Å²) in [6.07, 6.45) is 3.12. The molecule has 3 aromatic rings. The highest BCUT2D eigenvalue weighted by atomic mass is 19.2. The van der Waals surface area contributed by atoms with Gasteiger partial charge in [-0.1, -0.05) is 25.1 Å². The van der Waals surface area contributed by atoms with Crippen LogP contribution < -0.4 is 9.47 Å². The van der Waals surface area contributed by atoms with Gasteiger partial charge in [0.15, 0.2) is 34.8 Å². The first-order chi connectivity index (χ1) is 18.1. The summed E-state index contributed by atoms with van der Waals surface area (Å²) in [7, 11) is 0. The van der Waals surface area contributed by atoms with E-state index in [9.17, 15) is 31.1 Å². The molecule has 1 atom stereocenters. The van der Waals surface area contributed by atoms with E-state index in [1.807, 2.05) is 0 Å². The number of rotatable bonds is 7. The van der Waals surface area contributed by atoms with Gasteiger partial charge in [-0.25, -0.2) is 22.4 Å². The number of carbonyl (C=O) groups excluding carboxylic acids is 1. The molecule has 1 aliphatic carbocycles. The number of halogens is 6. The van der Waals surface area contributed by atoms with Gasteiger partial charge in [0.1, 0.15) is 0 Å². The summed E-state index contributed by atoms with van der Waals surface area (Å²) in [5.41, 5.74) is -0.00487. The summed E-state index contributed by atoms with van der Waals surface area (Å²) in [6, 6.07) is 7.22. The van der Waals surface area contributed by atoms with Crippen molar-refractivity contribution in [2.75, 3.05) is 6.61 Å². The molecule has 1 aliphatic rings. The van der Waals surface area contributed by atoms with Crippen molar-refractivity contribution in [2.24, 2.45) is 0 Å².